The molecule has 2 aromatic rings. The summed E-state index contributed by atoms with van der Waals surface area (Å²) in [6.45, 7) is 1.97. The minimum atomic E-state index is -4.64. The lowest BCUT2D eigenvalue weighted by Crippen LogP contribution is -2.25. The Kier molecular flexibility index (Phi) is 5.14. The number of amides is 1. The number of hydrazone groups is 1. The largest absolute Gasteiger partial charge is 0.742 e. The highest BCUT2D eigenvalue weighted by Gasteiger charge is 2.06. The van der Waals surface area contributed by atoms with Crippen LogP contribution < -0.4 is 10.7 Å². The molecule has 9 heteroatoms. The van der Waals surface area contributed by atoms with Gasteiger partial charge in [-0.15, -0.1) is 0 Å². The van der Waals surface area contributed by atoms with Crippen LogP contribution in [0.4, 0.5) is 5.69 Å². The van der Waals surface area contributed by atoms with Crippen LogP contribution in [0.25, 0.3) is 0 Å². The number of carbonyl (C=O) groups is 1. The predicted molar refractivity (Wildman–Crippen MR) is 82.1 cm³/mol. The predicted octanol–water partition coefficient (Wildman–Crippen LogP) is 1.05. The summed E-state index contributed by atoms with van der Waals surface area (Å²) >= 11 is 0. The fraction of sp³-hybridized carbons (Fsp3) is 0.143. The van der Waals surface area contributed by atoms with Gasteiger partial charge in [-0.3, -0.25) is 4.79 Å². The number of rotatable bonds is 6. The van der Waals surface area contributed by atoms with Gasteiger partial charge < -0.3 is 14.3 Å². The summed E-state index contributed by atoms with van der Waals surface area (Å²) in [5.41, 5.74) is 4.15. The van der Waals surface area contributed by atoms with Gasteiger partial charge in [0.2, 0.25) is 5.09 Å². The van der Waals surface area contributed by atoms with Gasteiger partial charge in [0.25, 0.3) is 5.91 Å². The summed E-state index contributed by atoms with van der Waals surface area (Å²) in [6.07, 6.45) is 1.10. The third-order valence-electron chi connectivity index (χ3n) is 2.73. The van der Waals surface area contributed by atoms with Crippen molar-refractivity contribution in [3.05, 3.63) is 47.7 Å². The van der Waals surface area contributed by atoms with Crippen LogP contribution in [-0.4, -0.2) is 31.6 Å². The van der Waals surface area contributed by atoms with Crippen LogP contribution in [0.2, 0.25) is 0 Å². The molecule has 0 aliphatic rings. The van der Waals surface area contributed by atoms with Gasteiger partial charge in [-0.1, -0.05) is 17.7 Å². The molecule has 0 spiro atoms. The van der Waals surface area contributed by atoms with Crippen LogP contribution in [0.1, 0.15) is 11.3 Å². The van der Waals surface area contributed by atoms with Gasteiger partial charge in [-0.25, -0.2) is 13.8 Å². The van der Waals surface area contributed by atoms with Crippen molar-refractivity contribution in [1.29, 1.82) is 0 Å². The molecule has 0 radical (unpaired) electrons. The third kappa shape index (κ3) is 5.24. The number of carbonyl (C=O) groups excluding carboxylic acids is 1. The molecule has 1 amide bonds. The van der Waals surface area contributed by atoms with Crippen molar-refractivity contribution in [2.45, 2.75) is 12.0 Å². The van der Waals surface area contributed by atoms with Crippen LogP contribution in [0.3, 0.4) is 0 Å². The van der Waals surface area contributed by atoms with E-state index in [1.807, 2.05) is 31.2 Å². The van der Waals surface area contributed by atoms with E-state index in [-0.39, 0.29) is 12.3 Å². The molecule has 1 heterocycles. The number of nitrogens with zero attached hydrogens (tertiary/aromatic N) is 1. The molecule has 1 aromatic carbocycles. The maximum atomic E-state index is 11.6. The maximum Gasteiger partial charge on any atom is 0.259 e. The molecule has 0 saturated heterocycles. The summed E-state index contributed by atoms with van der Waals surface area (Å²) in [6, 6.07) is 9.79. The molecule has 0 saturated carbocycles. The Morgan fingerprint density at radius 2 is 1.96 bits per heavy atom. The SMILES string of the molecule is Cc1ccc(NCC(=O)N/N=C\c2ccc(S(=O)(=O)[O-])o2)cc1. The fourth-order valence-electron chi connectivity index (χ4n) is 1.60. The van der Waals surface area contributed by atoms with Gasteiger partial charge in [0.1, 0.15) is 5.76 Å². The Morgan fingerprint density at radius 3 is 2.57 bits per heavy atom. The second-order valence-electron chi connectivity index (χ2n) is 4.62. The summed E-state index contributed by atoms with van der Waals surface area (Å²) in [5, 5.41) is 5.82. The van der Waals surface area contributed by atoms with E-state index < -0.39 is 21.1 Å². The van der Waals surface area contributed by atoms with Crippen molar-refractivity contribution < 1.29 is 22.2 Å². The van der Waals surface area contributed by atoms with Crippen molar-refractivity contribution in [2.24, 2.45) is 5.10 Å². The van der Waals surface area contributed by atoms with Crippen molar-refractivity contribution >= 4 is 27.9 Å². The number of hydrogen-bond donors (Lipinski definition) is 2. The number of anilines is 1. The first-order valence-electron chi connectivity index (χ1n) is 6.53. The number of aryl methyl sites for hydroxylation is 1. The van der Waals surface area contributed by atoms with Gasteiger partial charge in [-0.2, -0.15) is 5.10 Å². The van der Waals surface area contributed by atoms with E-state index in [2.05, 4.69) is 15.8 Å². The number of furan rings is 1. The molecule has 0 fully saturated rings. The van der Waals surface area contributed by atoms with E-state index in [1.54, 1.807) is 0 Å². The van der Waals surface area contributed by atoms with Crippen molar-refractivity contribution in [1.82, 2.24) is 5.43 Å². The fourth-order valence-corrected chi connectivity index (χ4v) is 2.03. The minimum Gasteiger partial charge on any atom is -0.742 e. The lowest BCUT2D eigenvalue weighted by molar-refractivity contribution is -0.119. The summed E-state index contributed by atoms with van der Waals surface area (Å²) < 4.78 is 36.8. The maximum absolute atomic E-state index is 11.6. The smallest absolute Gasteiger partial charge is 0.259 e. The molecule has 23 heavy (non-hydrogen) atoms. The topological polar surface area (TPSA) is 124 Å². The van der Waals surface area contributed by atoms with Crippen LogP contribution in [0.15, 0.2) is 51.0 Å². The molecular formula is C14H14N3O5S-. The molecular weight excluding hydrogens is 322 g/mol. The van der Waals surface area contributed by atoms with Crippen LogP contribution in [0, 0.1) is 6.92 Å². The molecule has 0 aliphatic carbocycles. The van der Waals surface area contributed by atoms with E-state index in [1.165, 1.54) is 6.07 Å². The average Bonchev–Trinajstić information content (AvgIpc) is 2.96. The molecule has 2 rings (SSSR count). The highest BCUT2D eigenvalue weighted by Crippen LogP contribution is 2.11. The average molecular weight is 336 g/mol. The van der Waals surface area contributed by atoms with Crippen molar-refractivity contribution in [3.8, 4) is 0 Å². The van der Waals surface area contributed by atoms with E-state index in [4.69, 9.17) is 4.42 Å². The Labute approximate surface area is 132 Å². The van der Waals surface area contributed by atoms with Crippen LogP contribution in [0.5, 0.6) is 0 Å². The lowest BCUT2D eigenvalue weighted by atomic mass is 10.2. The quantitative estimate of drug-likeness (QED) is 0.462. The zero-order chi connectivity index (χ0) is 16.9. The number of nitrogens with one attached hydrogen (secondary N) is 2. The van der Waals surface area contributed by atoms with Crippen LogP contribution >= 0.6 is 0 Å². The van der Waals surface area contributed by atoms with Crippen molar-refractivity contribution in [3.63, 3.8) is 0 Å². The van der Waals surface area contributed by atoms with Gasteiger partial charge in [-0.05, 0) is 31.2 Å². The highest BCUT2D eigenvalue weighted by atomic mass is 32.2. The first-order chi connectivity index (χ1) is 10.8. The Balaban J connectivity index is 1.82. The summed E-state index contributed by atoms with van der Waals surface area (Å²) in [4.78, 5) is 11.6. The first kappa shape index (κ1) is 16.7. The number of hydrogen-bond acceptors (Lipinski definition) is 7. The van der Waals surface area contributed by atoms with Crippen molar-refractivity contribution in [2.75, 3.05) is 11.9 Å². The second-order valence-corrected chi connectivity index (χ2v) is 5.93. The molecule has 1 aromatic heterocycles. The zero-order valence-electron chi connectivity index (χ0n) is 12.1. The minimum absolute atomic E-state index is 0.0126. The molecule has 2 N–H and O–H groups in total. The Morgan fingerprint density at radius 1 is 1.26 bits per heavy atom. The molecule has 0 atom stereocenters. The summed E-state index contributed by atoms with van der Waals surface area (Å²) in [7, 11) is -4.64. The number of benzene rings is 1. The second kappa shape index (κ2) is 7.07. The zero-order valence-corrected chi connectivity index (χ0v) is 13.0. The monoisotopic (exact) mass is 336 g/mol. The molecule has 0 bridgehead atoms. The molecule has 0 aliphatic heterocycles. The summed E-state index contributed by atoms with van der Waals surface area (Å²) in [5.74, 6) is -0.365. The normalized spacial score (nSPS) is 11.6. The first-order valence-corrected chi connectivity index (χ1v) is 7.93. The Bertz CT molecular complexity index is 809. The lowest BCUT2D eigenvalue weighted by Gasteiger charge is -2.05. The van der Waals surface area contributed by atoms with E-state index in [9.17, 15) is 17.8 Å². The van der Waals surface area contributed by atoms with Gasteiger partial charge >= 0.3 is 0 Å². The van der Waals surface area contributed by atoms with Gasteiger partial charge in [0.05, 0.1) is 12.8 Å². The Hall–Kier alpha value is -2.65. The van der Waals surface area contributed by atoms with Gasteiger partial charge in [0, 0.05) is 5.69 Å². The molecule has 8 nitrogen and oxygen atoms in total. The van der Waals surface area contributed by atoms with Crippen LogP contribution in [-0.2, 0) is 14.9 Å². The van der Waals surface area contributed by atoms with Gasteiger partial charge in [0.15, 0.2) is 10.1 Å². The highest BCUT2D eigenvalue weighted by molar-refractivity contribution is 7.85. The molecule has 0 unspecified atom stereocenters. The standard InChI is InChI=1S/C14H15N3O5S/c1-10-2-4-11(5-3-10)15-9-13(18)17-16-8-12-6-7-14(22-12)23(19,20)21/h2-8,15H,9H2,1H3,(H,17,18)(H,19,20,21)/p-1/b16-8-. The molecule has 122 valence electrons. The van der Waals surface area contributed by atoms with E-state index >= 15 is 0 Å². The van der Waals surface area contributed by atoms with E-state index in [0.717, 1.165) is 23.5 Å². The van der Waals surface area contributed by atoms with E-state index in [0.29, 0.717) is 0 Å². The third-order valence-corrected chi connectivity index (χ3v) is 3.45.